The SMILES string of the molecule is O[C@@]12CCC[C@@H]3CCC[C@]3(CC1)O2. The molecule has 2 saturated heterocycles. The highest BCUT2D eigenvalue weighted by Gasteiger charge is 2.55. The molecule has 74 valence electrons. The zero-order valence-corrected chi connectivity index (χ0v) is 8.09. The molecule has 2 aliphatic heterocycles. The summed E-state index contributed by atoms with van der Waals surface area (Å²) < 4.78 is 5.98. The summed E-state index contributed by atoms with van der Waals surface area (Å²) in [4.78, 5) is 0. The molecule has 0 amide bonds. The summed E-state index contributed by atoms with van der Waals surface area (Å²) >= 11 is 0. The fourth-order valence-electron chi connectivity index (χ4n) is 3.67. The van der Waals surface area contributed by atoms with Gasteiger partial charge in [0.05, 0.1) is 5.60 Å². The Kier molecular flexibility index (Phi) is 1.58. The number of ether oxygens (including phenoxy) is 1. The van der Waals surface area contributed by atoms with E-state index >= 15 is 0 Å². The Bertz CT molecular complexity index is 228. The summed E-state index contributed by atoms with van der Waals surface area (Å²) in [6, 6.07) is 0. The van der Waals surface area contributed by atoms with Crippen molar-refractivity contribution in [3.05, 3.63) is 0 Å². The zero-order chi connectivity index (χ0) is 8.94. The van der Waals surface area contributed by atoms with E-state index in [-0.39, 0.29) is 5.60 Å². The fourth-order valence-corrected chi connectivity index (χ4v) is 3.67. The molecule has 2 heteroatoms. The molecular weight excluding hydrogens is 164 g/mol. The maximum absolute atomic E-state index is 10.1. The lowest BCUT2D eigenvalue weighted by atomic mass is 9.82. The number of hydrogen-bond acceptors (Lipinski definition) is 2. The van der Waals surface area contributed by atoms with E-state index in [2.05, 4.69) is 0 Å². The van der Waals surface area contributed by atoms with Gasteiger partial charge in [0.25, 0.3) is 0 Å². The van der Waals surface area contributed by atoms with E-state index in [4.69, 9.17) is 4.74 Å². The highest BCUT2D eigenvalue weighted by molar-refractivity contribution is 5.02. The van der Waals surface area contributed by atoms with Crippen molar-refractivity contribution in [1.29, 1.82) is 0 Å². The highest BCUT2D eigenvalue weighted by atomic mass is 16.6. The first-order valence-corrected chi connectivity index (χ1v) is 5.65. The van der Waals surface area contributed by atoms with Crippen LogP contribution in [0.2, 0.25) is 0 Å². The molecule has 0 unspecified atom stereocenters. The summed E-state index contributed by atoms with van der Waals surface area (Å²) in [6.07, 6.45) is 9.12. The zero-order valence-electron chi connectivity index (χ0n) is 8.09. The molecule has 3 rings (SSSR count). The summed E-state index contributed by atoms with van der Waals surface area (Å²) in [6.45, 7) is 0. The van der Waals surface area contributed by atoms with Crippen molar-refractivity contribution in [2.75, 3.05) is 0 Å². The van der Waals surface area contributed by atoms with Gasteiger partial charge in [0.2, 0.25) is 0 Å². The van der Waals surface area contributed by atoms with Gasteiger partial charge in [0.15, 0.2) is 5.79 Å². The molecule has 3 fully saturated rings. The van der Waals surface area contributed by atoms with E-state index in [1.54, 1.807) is 0 Å². The van der Waals surface area contributed by atoms with Crippen molar-refractivity contribution in [3.63, 3.8) is 0 Å². The van der Waals surface area contributed by atoms with Gasteiger partial charge in [-0.05, 0) is 38.0 Å². The van der Waals surface area contributed by atoms with E-state index in [1.807, 2.05) is 0 Å². The van der Waals surface area contributed by atoms with E-state index in [9.17, 15) is 5.11 Å². The molecule has 0 aromatic rings. The van der Waals surface area contributed by atoms with Gasteiger partial charge in [-0.2, -0.15) is 0 Å². The van der Waals surface area contributed by atoms with Gasteiger partial charge in [-0.15, -0.1) is 0 Å². The molecule has 0 aromatic carbocycles. The van der Waals surface area contributed by atoms with Crippen LogP contribution in [0.1, 0.15) is 51.4 Å². The Balaban J connectivity index is 1.94. The van der Waals surface area contributed by atoms with Gasteiger partial charge >= 0.3 is 0 Å². The van der Waals surface area contributed by atoms with Crippen molar-refractivity contribution in [2.45, 2.75) is 62.8 Å². The Labute approximate surface area is 79.3 Å². The van der Waals surface area contributed by atoms with Crippen molar-refractivity contribution in [2.24, 2.45) is 5.92 Å². The van der Waals surface area contributed by atoms with Crippen LogP contribution in [0.25, 0.3) is 0 Å². The first kappa shape index (κ1) is 8.25. The molecule has 0 radical (unpaired) electrons. The van der Waals surface area contributed by atoms with Gasteiger partial charge in [-0.25, -0.2) is 0 Å². The van der Waals surface area contributed by atoms with E-state index in [0.717, 1.165) is 31.6 Å². The number of rotatable bonds is 0. The molecule has 2 heterocycles. The average molecular weight is 182 g/mol. The molecule has 2 nitrogen and oxygen atoms in total. The fraction of sp³-hybridized carbons (Fsp3) is 1.00. The second-order valence-electron chi connectivity index (χ2n) is 5.09. The first-order chi connectivity index (χ1) is 6.23. The summed E-state index contributed by atoms with van der Waals surface area (Å²) in [5, 5.41) is 10.1. The maximum Gasteiger partial charge on any atom is 0.166 e. The number of hydrogen-bond donors (Lipinski definition) is 1. The van der Waals surface area contributed by atoms with Crippen LogP contribution in [0.3, 0.4) is 0 Å². The number of aliphatic hydroxyl groups is 1. The summed E-state index contributed by atoms with van der Waals surface area (Å²) in [5.41, 5.74) is 0.102. The lowest BCUT2D eigenvalue weighted by Gasteiger charge is -2.30. The van der Waals surface area contributed by atoms with E-state index in [1.165, 1.54) is 25.7 Å². The van der Waals surface area contributed by atoms with Gasteiger partial charge in [-0.1, -0.05) is 6.42 Å². The topological polar surface area (TPSA) is 29.5 Å². The smallest absolute Gasteiger partial charge is 0.166 e. The predicted molar refractivity (Wildman–Crippen MR) is 49.2 cm³/mol. The third-order valence-electron chi connectivity index (χ3n) is 4.35. The molecule has 3 atom stereocenters. The molecule has 0 aromatic heterocycles. The van der Waals surface area contributed by atoms with E-state index < -0.39 is 5.79 Å². The Morgan fingerprint density at radius 1 is 1.00 bits per heavy atom. The van der Waals surface area contributed by atoms with Crippen molar-refractivity contribution in [1.82, 2.24) is 0 Å². The lowest BCUT2D eigenvalue weighted by Crippen LogP contribution is -2.35. The van der Waals surface area contributed by atoms with Crippen LogP contribution in [-0.4, -0.2) is 16.5 Å². The molecule has 2 bridgehead atoms. The number of fused-ring (bicyclic) bond motifs is 1. The largest absolute Gasteiger partial charge is 0.365 e. The second kappa shape index (κ2) is 2.48. The standard InChI is InChI=1S/C11H18O2/c12-11-6-2-4-9-3-1-5-10(9,13-11)7-8-11/h9,12H,1-8H2/t9-,10+,11+/m0/s1. The highest BCUT2D eigenvalue weighted by Crippen LogP contribution is 2.54. The molecule has 13 heavy (non-hydrogen) atoms. The van der Waals surface area contributed by atoms with Crippen LogP contribution in [0, 0.1) is 5.92 Å². The van der Waals surface area contributed by atoms with Gasteiger partial charge < -0.3 is 9.84 Å². The molecule has 1 saturated carbocycles. The van der Waals surface area contributed by atoms with E-state index in [0.29, 0.717) is 0 Å². The van der Waals surface area contributed by atoms with Crippen LogP contribution in [0.4, 0.5) is 0 Å². The van der Waals surface area contributed by atoms with Crippen LogP contribution >= 0.6 is 0 Å². The predicted octanol–water partition coefficient (Wildman–Crippen LogP) is 2.21. The van der Waals surface area contributed by atoms with Crippen molar-refractivity contribution < 1.29 is 9.84 Å². The summed E-state index contributed by atoms with van der Waals surface area (Å²) in [5.74, 6) is 0.0167. The molecule has 1 N–H and O–H groups in total. The Morgan fingerprint density at radius 3 is 2.62 bits per heavy atom. The van der Waals surface area contributed by atoms with Gasteiger partial charge in [-0.3, -0.25) is 0 Å². The minimum atomic E-state index is -0.737. The third kappa shape index (κ3) is 1.08. The minimum Gasteiger partial charge on any atom is -0.365 e. The minimum absolute atomic E-state index is 0.102. The van der Waals surface area contributed by atoms with Crippen LogP contribution in [0.5, 0.6) is 0 Å². The Hall–Kier alpha value is -0.0800. The van der Waals surface area contributed by atoms with Crippen LogP contribution in [-0.2, 0) is 4.74 Å². The first-order valence-electron chi connectivity index (χ1n) is 5.65. The van der Waals surface area contributed by atoms with Crippen molar-refractivity contribution >= 4 is 0 Å². The quantitative estimate of drug-likeness (QED) is 0.622. The average Bonchev–Trinajstić information content (AvgIpc) is 2.56. The molecule has 3 aliphatic rings. The summed E-state index contributed by atoms with van der Waals surface area (Å²) in [7, 11) is 0. The van der Waals surface area contributed by atoms with Gasteiger partial charge in [0.1, 0.15) is 0 Å². The second-order valence-corrected chi connectivity index (χ2v) is 5.09. The van der Waals surface area contributed by atoms with Gasteiger partial charge in [0, 0.05) is 12.8 Å². The maximum atomic E-state index is 10.1. The molecular formula is C11H18O2. The van der Waals surface area contributed by atoms with Crippen molar-refractivity contribution in [3.8, 4) is 0 Å². The lowest BCUT2D eigenvalue weighted by molar-refractivity contribution is -0.225. The third-order valence-corrected chi connectivity index (χ3v) is 4.35. The normalized spacial score (nSPS) is 54.7. The van der Waals surface area contributed by atoms with Crippen LogP contribution in [0.15, 0.2) is 0 Å². The molecule has 1 aliphatic carbocycles. The van der Waals surface area contributed by atoms with Crippen LogP contribution < -0.4 is 0 Å². The Morgan fingerprint density at radius 2 is 1.77 bits per heavy atom. The monoisotopic (exact) mass is 182 g/mol. The molecule has 1 spiro atoms.